The van der Waals surface area contributed by atoms with Crippen LogP contribution in [-0.2, 0) is 10.8 Å². The van der Waals surface area contributed by atoms with Gasteiger partial charge in [-0.2, -0.15) is 15.8 Å². The molecule has 250 valence electrons. The number of nitriles is 3. The maximum atomic E-state index is 11.3. The van der Waals surface area contributed by atoms with E-state index < -0.39 is 0 Å². The summed E-state index contributed by atoms with van der Waals surface area (Å²) in [5.74, 6) is 0. The number of para-hydroxylation sites is 2. The molecule has 5 nitrogen and oxygen atoms in total. The molecule has 0 unspecified atom stereocenters. The van der Waals surface area contributed by atoms with Gasteiger partial charge in [0, 0.05) is 21.5 Å². The Bertz CT molecular complexity index is 2710. The molecule has 0 saturated carbocycles. The Morgan fingerprint density at radius 3 is 1.23 bits per heavy atom. The van der Waals surface area contributed by atoms with Gasteiger partial charge in [0.25, 0.3) is 0 Å². The standard InChI is InChI=1S/C47H37N5/c1-46(2,3)33-15-17-37-35-11-7-9-13-40(35)51(44(37)24-33)42-22-32(31-20-29(26-48)19-30(21-31)27-49)23-43(39(42)28-50)52-41-14-10-8-12-36(41)38-18-16-34(25-45(38)52)47(4,5)6/h7-25H,1-6H3. The molecule has 0 amide bonds. The van der Waals surface area contributed by atoms with Crippen LogP contribution in [0.5, 0.6) is 0 Å². The van der Waals surface area contributed by atoms with E-state index in [0.717, 1.165) is 66.1 Å². The van der Waals surface area contributed by atoms with Gasteiger partial charge in [0.05, 0.1) is 56.7 Å². The Hall–Kier alpha value is -6.61. The number of nitrogens with zero attached hydrogens (tertiary/aromatic N) is 5. The summed E-state index contributed by atoms with van der Waals surface area (Å²) in [6.07, 6.45) is 0. The van der Waals surface area contributed by atoms with Crippen molar-refractivity contribution < 1.29 is 0 Å². The lowest BCUT2D eigenvalue weighted by Crippen LogP contribution is -2.11. The van der Waals surface area contributed by atoms with Gasteiger partial charge >= 0.3 is 0 Å². The summed E-state index contributed by atoms with van der Waals surface area (Å²) in [7, 11) is 0. The third kappa shape index (κ3) is 5.12. The molecule has 0 radical (unpaired) electrons. The van der Waals surface area contributed by atoms with Crippen LogP contribution in [0.4, 0.5) is 0 Å². The van der Waals surface area contributed by atoms with Gasteiger partial charge in [-0.1, -0.05) is 102 Å². The Balaban J connectivity index is 1.58. The van der Waals surface area contributed by atoms with E-state index in [4.69, 9.17) is 0 Å². The van der Waals surface area contributed by atoms with Crippen molar-refractivity contribution in [3.63, 3.8) is 0 Å². The van der Waals surface area contributed by atoms with Crippen LogP contribution in [0, 0.1) is 34.0 Å². The molecule has 8 aromatic rings. The second-order valence-electron chi connectivity index (χ2n) is 15.7. The fraction of sp³-hybridized carbons (Fsp3) is 0.170. The average molecular weight is 672 g/mol. The number of hydrogen-bond acceptors (Lipinski definition) is 3. The Kier molecular flexibility index (Phi) is 7.35. The molecular weight excluding hydrogens is 635 g/mol. The van der Waals surface area contributed by atoms with E-state index in [0.29, 0.717) is 16.7 Å². The number of aromatic nitrogens is 2. The van der Waals surface area contributed by atoms with Crippen LogP contribution < -0.4 is 0 Å². The van der Waals surface area contributed by atoms with Gasteiger partial charge in [-0.25, -0.2) is 0 Å². The maximum Gasteiger partial charge on any atom is 0.104 e. The topological polar surface area (TPSA) is 81.2 Å². The summed E-state index contributed by atoms with van der Waals surface area (Å²) >= 11 is 0. The lowest BCUT2D eigenvalue weighted by Gasteiger charge is -2.21. The molecule has 8 rings (SSSR count). The highest BCUT2D eigenvalue weighted by Gasteiger charge is 2.25. The van der Waals surface area contributed by atoms with E-state index in [2.05, 4.69) is 142 Å². The van der Waals surface area contributed by atoms with Gasteiger partial charge in [-0.15, -0.1) is 0 Å². The molecule has 0 fully saturated rings. The first-order chi connectivity index (χ1) is 24.9. The van der Waals surface area contributed by atoms with E-state index in [-0.39, 0.29) is 10.8 Å². The molecule has 0 aliphatic rings. The van der Waals surface area contributed by atoms with Crippen molar-refractivity contribution in [2.24, 2.45) is 0 Å². The quantitative estimate of drug-likeness (QED) is 0.187. The molecule has 6 aromatic carbocycles. The Morgan fingerprint density at radius 1 is 0.423 bits per heavy atom. The monoisotopic (exact) mass is 671 g/mol. The molecule has 2 aromatic heterocycles. The zero-order valence-corrected chi connectivity index (χ0v) is 30.2. The molecular formula is C47H37N5. The second kappa shape index (κ2) is 11.7. The third-order valence-corrected chi connectivity index (χ3v) is 10.3. The molecule has 0 bridgehead atoms. The fourth-order valence-corrected chi connectivity index (χ4v) is 7.56. The van der Waals surface area contributed by atoms with E-state index in [1.807, 2.05) is 36.4 Å². The zero-order chi connectivity index (χ0) is 36.5. The van der Waals surface area contributed by atoms with E-state index in [9.17, 15) is 15.8 Å². The van der Waals surface area contributed by atoms with Crippen molar-refractivity contribution in [3.8, 4) is 40.7 Å². The fourth-order valence-electron chi connectivity index (χ4n) is 7.56. The SMILES string of the molecule is CC(C)(C)c1ccc2c3ccccc3n(-c3cc(-c4cc(C#N)cc(C#N)c4)cc(-n4c5ccccc5c5ccc(C(C)(C)C)cc54)c3C#N)c2c1. The van der Waals surface area contributed by atoms with Crippen LogP contribution in [0.3, 0.4) is 0 Å². The Morgan fingerprint density at radius 2 is 0.827 bits per heavy atom. The lowest BCUT2D eigenvalue weighted by molar-refractivity contribution is 0.590. The van der Waals surface area contributed by atoms with Crippen molar-refractivity contribution in [1.82, 2.24) is 9.13 Å². The number of benzene rings is 6. The van der Waals surface area contributed by atoms with Crippen molar-refractivity contribution in [3.05, 3.63) is 143 Å². The first-order valence-electron chi connectivity index (χ1n) is 17.5. The van der Waals surface area contributed by atoms with Crippen LogP contribution in [0.25, 0.3) is 66.1 Å². The van der Waals surface area contributed by atoms with Gasteiger partial charge in [0.2, 0.25) is 0 Å². The highest BCUT2D eigenvalue weighted by molar-refractivity contribution is 6.11. The number of fused-ring (bicyclic) bond motifs is 6. The third-order valence-electron chi connectivity index (χ3n) is 10.3. The first-order valence-corrected chi connectivity index (χ1v) is 17.5. The van der Waals surface area contributed by atoms with Gasteiger partial charge in [0.1, 0.15) is 11.6 Å². The van der Waals surface area contributed by atoms with Crippen LogP contribution in [-0.4, -0.2) is 9.13 Å². The van der Waals surface area contributed by atoms with Crippen LogP contribution in [0.1, 0.15) is 69.4 Å². The van der Waals surface area contributed by atoms with Crippen molar-refractivity contribution in [2.75, 3.05) is 0 Å². The molecule has 0 atom stereocenters. The molecule has 5 heteroatoms. The largest absolute Gasteiger partial charge is 0.308 e. The van der Waals surface area contributed by atoms with Crippen LogP contribution >= 0.6 is 0 Å². The summed E-state index contributed by atoms with van der Waals surface area (Å²) in [5.41, 5.74) is 10.5. The predicted molar refractivity (Wildman–Crippen MR) is 212 cm³/mol. The second-order valence-corrected chi connectivity index (χ2v) is 15.7. The minimum Gasteiger partial charge on any atom is -0.308 e. The molecule has 0 aliphatic carbocycles. The smallest absolute Gasteiger partial charge is 0.104 e. The van der Waals surface area contributed by atoms with Crippen molar-refractivity contribution in [1.29, 1.82) is 15.8 Å². The van der Waals surface area contributed by atoms with Gasteiger partial charge in [-0.05, 0) is 87.7 Å². The number of hydrogen-bond donors (Lipinski definition) is 0. The molecule has 2 heterocycles. The average Bonchev–Trinajstić information content (AvgIpc) is 3.65. The summed E-state index contributed by atoms with van der Waals surface area (Å²) in [5, 5.41) is 35.6. The van der Waals surface area contributed by atoms with E-state index >= 15 is 0 Å². The van der Waals surface area contributed by atoms with Crippen molar-refractivity contribution >= 4 is 43.6 Å². The number of rotatable bonds is 3. The Labute approximate surface area is 303 Å². The highest BCUT2D eigenvalue weighted by atomic mass is 15.0. The van der Waals surface area contributed by atoms with Gasteiger partial charge < -0.3 is 9.13 Å². The normalized spacial score (nSPS) is 12.0. The maximum absolute atomic E-state index is 11.3. The van der Waals surface area contributed by atoms with Crippen molar-refractivity contribution in [2.45, 2.75) is 52.4 Å². The summed E-state index contributed by atoms with van der Waals surface area (Å²) in [6, 6.07) is 46.5. The lowest BCUT2D eigenvalue weighted by atomic mass is 9.86. The van der Waals surface area contributed by atoms with E-state index in [1.165, 1.54) is 11.1 Å². The van der Waals surface area contributed by atoms with Crippen LogP contribution in [0.15, 0.2) is 115 Å². The molecule has 0 aliphatic heterocycles. The highest BCUT2D eigenvalue weighted by Crippen LogP contribution is 2.42. The summed E-state index contributed by atoms with van der Waals surface area (Å²) in [6.45, 7) is 13.3. The minimum absolute atomic E-state index is 0.0975. The van der Waals surface area contributed by atoms with Gasteiger partial charge in [0.15, 0.2) is 0 Å². The molecule has 0 N–H and O–H groups in total. The molecule has 0 spiro atoms. The summed E-state index contributed by atoms with van der Waals surface area (Å²) < 4.78 is 4.44. The van der Waals surface area contributed by atoms with E-state index in [1.54, 1.807) is 6.07 Å². The predicted octanol–water partition coefficient (Wildman–Crippen LogP) is 11.8. The van der Waals surface area contributed by atoms with Crippen LogP contribution in [0.2, 0.25) is 0 Å². The minimum atomic E-state index is -0.0975. The zero-order valence-electron chi connectivity index (χ0n) is 30.2. The first kappa shape index (κ1) is 32.6. The van der Waals surface area contributed by atoms with Gasteiger partial charge in [-0.3, -0.25) is 0 Å². The summed E-state index contributed by atoms with van der Waals surface area (Å²) in [4.78, 5) is 0. The molecule has 0 saturated heterocycles. The molecule has 52 heavy (non-hydrogen) atoms.